The van der Waals surface area contributed by atoms with Crippen LogP contribution in [-0.2, 0) is 9.53 Å². The smallest absolute Gasteiger partial charge is 0.355 e. The Morgan fingerprint density at radius 2 is 2.00 bits per heavy atom. The third kappa shape index (κ3) is 3.05. The van der Waals surface area contributed by atoms with E-state index in [0.29, 0.717) is 5.56 Å². The highest BCUT2D eigenvalue weighted by Gasteiger charge is 2.12. The van der Waals surface area contributed by atoms with Gasteiger partial charge in [0.25, 0.3) is 0 Å². The predicted molar refractivity (Wildman–Crippen MR) is 51.8 cm³/mol. The van der Waals surface area contributed by atoms with Crippen LogP contribution in [0.3, 0.4) is 0 Å². The Hall–Kier alpha value is -1.91. The van der Waals surface area contributed by atoms with Gasteiger partial charge >= 0.3 is 5.97 Å². The molecule has 0 bridgehead atoms. The largest absolute Gasteiger partial charge is 0.453 e. The summed E-state index contributed by atoms with van der Waals surface area (Å²) in [5, 5.41) is 0. The number of esters is 1. The molecule has 1 aromatic rings. The van der Waals surface area contributed by atoms with E-state index in [4.69, 9.17) is 0 Å². The first-order chi connectivity index (χ1) is 7.00. The fourth-order valence-electron chi connectivity index (χ4n) is 0.960. The second-order valence-corrected chi connectivity index (χ2v) is 3.14. The van der Waals surface area contributed by atoms with Gasteiger partial charge in [0.2, 0.25) is 0 Å². The third-order valence-electron chi connectivity index (χ3n) is 1.72. The Morgan fingerprint density at radius 3 is 2.47 bits per heavy atom. The Bertz CT molecular complexity index is 405. The van der Waals surface area contributed by atoms with Crippen LogP contribution < -0.4 is 0 Å². The molecule has 0 aliphatic rings. The van der Waals surface area contributed by atoms with Gasteiger partial charge in [-0.25, -0.2) is 4.79 Å². The molecule has 0 amide bonds. The van der Waals surface area contributed by atoms with Gasteiger partial charge in [0, 0.05) is 11.8 Å². The number of rotatable bonds is 4. The number of nitrogens with one attached hydrogen (secondary N) is 1. The zero-order chi connectivity index (χ0) is 11.4. The summed E-state index contributed by atoms with van der Waals surface area (Å²) in [6.07, 6.45) is 1.42. The van der Waals surface area contributed by atoms with Crippen molar-refractivity contribution in [3.63, 3.8) is 0 Å². The van der Waals surface area contributed by atoms with Gasteiger partial charge in [0.15, 0.2) is 11.6 Å². The highest BCUT2D eigenvalue weighted by atomic mass is 16.5. The summed E-state index contributed by atoms with van der Waals surface area (Å²) in [5.74, 6) is -1.02. The predicted octanol–water partition coefficient (Wildman–Crippen LogP) is 0.963. The lowest BCUT2D eigenvalue weighted by molar-refractivity contribution is -0.120. The fraction of sp³-hybridized carbons (Fsp3) is 0.300. The van der Waals surface area contributed by atoms with Crippen molar-refractivity contribution in [2.45, 2.75) is 13.8 Å². The number of H-pyrrole nitrogens is 1. The van der Waals surface area contributed by atoms with Crippen LogP contribution in [-0.4, -0.2) is 29.1 Å². The third-order valence-corrected chi connectivity index (χ3v) is 1.72. The van der Waals surface area contributed by atoms with Crippen LogP contribution in [0.4, 0.5) is 0 Å². The molecule has 0 unspecified atom stereocenters. The normalized spacial score (nSPS) is 9.73. The molecule has 80 valence electrons. The van der Waals surface area contributed by atoms with Crippen LogP contribution in [0.1, 0.15) is 34.7 Å². The molecule has 0 spiro atoms. The van der Waals surface area contributed by atoms with E-state index >= 15 is 0 Å². The second-order valence-electron chi connectivity index (χ2n) is 3.14. The van der Waals surface area contributed by atoms with Crippen LogP contribution >= 0.6 is 0 Å². The average molecular weight is 209 g/mol. The SMILES string of the molecule is CC(=O)COC(=O)c1cc(C(C)=O)c[nH]1. The molecule has 5 heteroatoms. The molecule has 0 saturated heterocycles. The number of hydrogen-bond acceptors (Lipinski definition) is 4. The molecule has 0 aliphatic carbocycles. The molecule has 0 aliphatic heterocycles. The van der Waals surface area contributed by atoms with Gasteiger partial charge in [-0.3, -0.25) is 9.59 Å². The van der Waals surface area contributed by atoms with E-state index in [0.717, 1.165) is 0 Å². The van der Waals surface area contributed by atoms with Crippen molar-refractivity contribution in [1.82, 2.24) is 4.98 Å². The number of Topliss-reactive ketones (excluding diaryl/α,β-unsaturated/α-hetero) is 2. The zero-order valence-corrected chi connectivity index (χ0v) is 8.49. The van der Waals surface area contributed by atoms with Crippen molar-refractivity contribution in [3.8, 4) is 0 Å². The highest BCUT2D eigenvalue weighted by Crippen LogP contribution is 2.05. The van der Waals surface area contributed by atoms with Gasteiger partial charge in [-0.05, 0) is 19.9 Å². The van der Waals surface area contributed by atoms with Gasteiger partial charge in [-0.1, -0.05) is 0 Å². The first-order valence-corrected chi connectivity index (χ1v) is 4.36. The second kappa shape index (κ2) is 4.54. The molecule has 1 N–H and O–H groups in total. The quantitative estimate of drug-likeness (QED) is 0.592. The number of ketones is 2. The minimum Gasteiger partial charge on any atom is -0.453 e. The van der Waals surface area contributed by atoms with E-state index in [-0.39, 0.29) is 23.9 Å². The van der Waals surface area contributed by atoms with Gasteiger partial charge in [0.1, 0.15) is 12.3 Å². The van der Waals surface area contributed by atoms with E-state index in [1.54, 1.807) is 0 Å². The Balaban J connectivity index is 2.66. The van der Waals surface area contributed by atoms with Gasteiger partial charge < -0.3 is 9.72 Å². The maximum atomic E-state index is 11.3. The number of carbonyl (C=O) groups is 3. The van der Waals surface area contributed by atoms with Crippen LogP contribution in [0.2, 0.25) is 0 Å². The summed E-state index contributed by atoms with van der Waals surface area (Å²) >= 11 is 0. The lowest BCUT2D eigenvalue weighted by Crippen LogP contribution is -2.11. The Labute approximate surface area is 86.4 Å². The van der Waals surface area contributed by atoms with E-state index in [1.807, 2.05) is 0 Å². The topological polar surface area (TPSA) is 76.2 Å². The van der Waals surface area contributed by atoms with Gasteiger partial charge in [-0.2, -0.15) is 0 Å². The highest BCUT2D eigenvalue weighted by molar-refractivity contribution is 5.97. The van der Waals surface area contributed by atoms with Crippen molar-refractivity contribution in [2.24, 2.45) is 0 Å². The summed E-state index contributed by atoms with van der Waals surface area (Å²) in [4.78, 5) is 35.3. The van der Waals surface area contributed by atoms with Crippen LogP contribution in [0, 0.1) is 0 Å². The standard InChI is InChI=1S/C10H11NO4/c1-6(12)5-15-10(14)9-3-8(4-11-9)7(2)13/h3-4,11H,5H2,1-2H3. The molecule has 0 atom stereocenters. The van der Waals surface area contributed by atoms with Crippen LogP contribution in [0.15, 0.2) is 12.3 Å². The molecule has 0 radical (unpaired) electrons. The minimum atomic E-state index is -0.641. The van der Waals surface area contributed by atoms with E-state index in [1.165, 1.54) is 26.1 Å². The first-order valence-electron chi connectivity index (χ1n) is 4.36. The molecular weight excluding hydrogens is 198 g/mol. The zero-order valence-electron chi connectivity index (χ0n) is 8.49. The molecule has 1 aromatic heterocycles. The van der Waals surface area contributed by atoms with Crippen LogP contribution in [0.5, 0.6) is 0 Å². The fourth-order valence-corrected chi connectivity index (χ4v) is 0.960. The molecule has 0 saturated carbocycles. The molecule has 15 heavy (non-hydrogen) atoms. The summed E-state index contributed by atoms with van der Waals surface area (Å²) in [6.45, 7) is 2.46. The summed E-state index contributed by atoms with van der Waals surface area (Å²) in [6, 6.07) is 1.39. The van der Waals surface area contributed by atoms with Crippen molar-refractivity contribution < 1.29 is 19.1 Å². The average Bonchev–Trinajstić information content (AvgIpc) is 2.62. The molecular formula is C10H11NO4. The summed E-state index contributed by atoms with van der Waals surface area (Å²) in [7, 11) is 0. The van der Waals surface area contributed by atoms with Crippen LogP contribution in [0.25, 0.3) is 0 Å². The maximum Gasteiger partial charge on any atom is 0.355 e. The van der Waals surface area contributed by atoms with Crippen molar-refractivity contribution >= 4 is 17.5 Å². The summed E-state index contributed by atoms with van der Waals surface area (Å²) in [5.41, 5.74) is 0.575. The van der Waals surface area contributed by atoms with Crippen molar-refractivity contribution in [3.05, 3.63) is 23.5 Å². The van der Waals surface area contributed by atoms with Gasteiger partial charge in [-0.15, -0.1) is 0 Å². The number of aromatic nitrogens is 1. The number of carbonyl (C=O) groups excluding carboxylic acids is 3. The first kappa shape index (κ1) is 11.2. The van der Waals surface area contributed by atoms with E-state index in [9.17, 15) is 14.4 Å². The Kier molecular flexibility index (Phi) is 3.38. The minimum absolute atomic E-state index is 0.142. The molecule has 1 rings (SSSR count). The monoisotopic (exact) mass is 209 g/mol. The summed E-state index contributed by atoms with van der Waals surface area (Å²) < 4.78 is 4.65. The Morgan fingerprint density at radius 1 is 1.33 bits per heavy atom. The van der Waals surface area contributed by atoms with E-state index < -0.39 is 5.97 Å². The lowest BCUT2D eigenvalue weighted by Gasteiger charge is -1.98. The molecule has 0 fully saturated rings. The number of hydrogen-bond donors (Lipinski definition) is 1. The lowest BCUT2D eigenvalue weighted by atomic mass is 10.2. The number of ether oxygens (including phenoxy) is 1. The van der Waals surface area contributed by atoms with Crippen molar-refractivity contribution in [2.75, 3.05) is 6.61 Å². The molecule has 5 nitrogen and oxygen atoms in total. The van der Waals surface area contributed by atoms with Gasteiger partial charge in [0.05, 0.1) is 0 Å². The molecule has 1 heterocycles. The molecule has 0 aromatic carbocycles. The number of aromatic amines is 1. The van der Waals surface area contributed by atoms with E-state index in [2.05, 4.69) is 9.72 Å². The van der Waals surface area contributed by atoms with Crippen molar-refractivity contribution in [1.29, 1.82) is 0 Å². The maximum absolute atomic E-state index is 11.3.